The van der Waals surface area contributed by atoms with Crippen LogP contribution in [-0.4, -0.2) is 46.9 Å². The largest absolute Gasteiger partial charge is 0.459 e. The van der Waals surface area contributed by atoms with E-state index in [4.69, 9.17) is 38.4 Å². The van der Waals surface area contributed by atoms with Crippen LogP contribution in [0, 0.1) is 57.2 Å². The molecule has 6 aliphatic rings. The zero-order valence-corrected chi connectivity index (χ0v) is 51.6. The van der Waals surface area contributed by atoms with E-state index in [0.29, 0.717) is 44.5 Å². The molecule has 6 aromatic carbocycles. The van der Waals surface area contributed by atoms with Gasteiger partial charge in [-0.2, -0.15) is 21.0 Å². The van der Waals surface area contributed by atoms with Crippen LogP contribution in [0.15, 0.2) is 239 Å². The normalized spacial score (nSPS) is 17.7. The quantitative estimate of drug-likeness (QED) is 0.0423. The predicted molar refractivity (Wildman–Crippen MR) is 350 cm³/mol. The van der Waals surface area contributed by atoms with E-state index in [2.05, 4.69) is 0 Å². The molecule has 462 valence electrons. The standard InChI is InChI=1S/C76H44N6O12S2/c77-35-49(36-78)63-51-25-13-15-27-53(51)67(83)65(63)81-61-33-57-69(95-61)55-29-48-32-60-56(30-47(48)31-59(55)93-75(57,71(85)89-39-43-17-5-1-6-18-43)72(86)90-40-44-19-7-2-8-20-44)70-58(34-62(96-70)82-66-64(50(37-79)38-80)52-26-14-16-28-54(52)68(66)84)76(94-60,73(87)91-41-45-21-9-3-10-22-45)74(88)92-42-46-23-11-4-12-24-46/h1-34,47-48H,39-42H2. The Balaban J connectivity index is 0.953. The van der Waals surface area contributed by atoms with Crippen molar-refractivity contribution in [2.75, 3.05) is 0 Å². The Morgan fingerprint density at radius 2 is 0.708 bits per heavy atom. The van der Waals surface area contributed by atoms with E-state index in [1.165, 1.54) is 12.1 Å². The number of hydrogen-bond donors (Lipinski definition) is 0. The summed E-state index contributed by atoms with van der Waals surface area (Å²) in [5, 5.41) is 41.1. The number of fused-ring (bicyclic) bond motifs is 9. The maximum atomic E-state index is 15.5. The second-order valence-electron chi connectivity index (χ2n) is 22.5. The van der Waals surface area contributed by atoms with E-state index in [1.54, 1.807) is 194 Å². The van der Waals surface area contributed by atoms with Gasteiger partial charge < -0.3 is 28.4 Å². The molecule has 0 spiro atoms. The molecule has 4 heterocycles. The van der Waals surface area contributed by atoms with E-state index < -0.39 is 58.5 Å². The van der Waals surface area contributed by atoms with E-state index in [0.717, 1.165) is 22.7 Å². The lowest BCUT2D eigenvalue weighted by Gasteiger charge is -2.41. The molecule has 0 radical (unpaired) electrons. The van der Waals surface area contributed by atoms with Gasteiger partial charge >= 0.3 is 35.1 Å². The first-order valence-electron chi connectivity index (χ1n) is 29.8. The highest BCUT2D eigenvalue weighted by Crippen LogP contribution is 2.58. The molecule has 96 heavy (non-hydrogen) atoms. The minimum atomic E-state index is -2.73. The number of ether oxygens (including phenoxy) is 6. The van der Waals surface area contributed by atoms with Gasteiger partial charge in [-0.1, -0.05) is 182 Å². The van der Waals surface area contributed by atoms with Crippen LogP contribution in [-0.2, 0) is 85.2 Å². The van der Waals surface area contributed by atoms with Crippen molar-refractivity contribution in [3.8, 4) is 24.3 Å². The second kappa shape index (κ2) is 25.1. The van der Waals surface area contributed by atoms with Crippen LogP contribution in [0.3, 0.4) is 0 Å². The Hall–Kier alpha value is -12.7. The Bertz CT molecular complexity index is 4680. The first-order chi connectivity index (χ1) is 46.8. The van der Waals surface area contributed by atoms with Gasteiger partial charge in [-0.05, 0) is 57.7 Å². The summed E-state index contributed by atoms with van der Waals surface area (Å²) in [5.74, 6) is -7.31. The average Bonchev–Trinajstić information content (AvgIpc) is 0.859. The van der Waals surface area contributed by atoms with Crippen molar-refractivity contribution in [3.05, 3.63) is 294 Å². The SMILES string of the molecule is N#CC(C#N)=C1C(=Nc2cc3c(s2)C2=CC4C=C5OC(C(=O)OCc6ccccc6)(C(=O)OCc6ccccc6)c6cc(N=C7C(=O)c8ccccc8C7=C(C#N)C#N)sc6C5=CC4C=C2OC3(C(=O)OCc2ccccc2)C(=O)OCc2ccccc2)C(=O)c2ccccc21. The molecule has 2 unspecified atom stereocenters. The van der Waals surface area contributed by atoms with Crippen LogP contribution < -0.4 is 0 Å². The zero-order valence-electron chi connectivity index (χ0n) is 50.0. The van der Waals surface area contributed by atoms with Crippen molar-refractivity contribution in [2.45, 2.75) is 37.6 Å². The number of esters is 4. The number of aliphatic imine (C=N–C) groups is 2. The van der Waals surface area contributed by atoms with E-state index in [1.807, 2.05) is 24.3 Å². The maximum absolute atomic E-state index is 15.5. The molecule has 0 fully saturated rings. The number of thiophene rings is 2. The molecule has 0 N–H and O–H groups in total. The third kappa shape index (κ3) is 10.5. The molecular formula is C76H44N6O12S2. The van der Waals surface area contributed by atoms with Crippen molar-refractivity contribution in [1.29, 1.82) is 21.0 Å². The summed E-state index contributed by atoms with van der Waals surface area (Å²) in [7, 11) is 0. The molecule has 2 atom stereocenters. The molecular weight excluding hydrogens is 1250 g/mol. The molecule has 4 aliphatic carbocycles. The summed E-state index contributed by atoms with van der Waals surface area (Å²) in [6.07, 6.45) is 6.97. The predicted octanol–water partition coefficient (Wildman–Crippen LogP) is 13.3. The van der Waals surface area contributed by atoms with Gasteiger partial charge in [0.05, 0.1) is 0 Å². The van der Waals surface area contributed by atoms with Gasteiger partial charge in [-0.25, -0.2) is 29.2 Å². The lowest BCUT2D eigenvalue weighted by molar-refractivity contribution is -0.191. The molecule has 0 saturated heterocycles. The van der Waals surface area contributed by atoms with Gasteiger partial charge in [0.2, 0.25) is 11.6 Å². The van der Waals surface area contributed by atoms with Crippen LogP contribution in [0.5, 0.6) is 0 Å². The number of nitrogens with zero attached hydrogens (tertiary/aromatic N) is 6. The summed E-state index contributed by atoms with van der Waals surface area (Å²) >= 11 is 1.94. The number of nitriles is 4. The summed E-state index contributed by atoms with van der Waals surface area (Å²) in [5.41, 5.74) is -2.90. The third-order valence-corrected chi connectivity index (χ3v) is 18.9. The Kier molecular flexibility index (Phi) is 15.9. The van der Waals surface area contributed by atoms with Crippen molar-refractivity contribution in [3.63, 3.8) is 0 Å². The van der Waals surface area contributed by atoms with E-state index in [-0.39, 0.29) is 114 Å². The molecule has 0 amide bonds. The number of allylic oxidation sites excluding steroid dienone is 10. The fourth-order valence-electron chi connectivity index (χ4n) is 12.2. The van der Waals surface area contributed by atoms with Crippen molar-refractivity contribution < 1.29 is 57.2 Å². The van der Waals surface area contributed by atoms with Gasteiger partial charge in [0.25, 0.3) is 0 Å². The molecule has 14 rings (SSSR count). The van der Waals surface area contributed by atoms with E-state index >= 15 is 19.2 Å². The van der Waals surface area contributed by atoms with Crippen molar-refractivity contribution >= 4 is 102 Å². The minimum Gasteiger partial charge on any atom is -0.459 e. The number of hydrogen-bond acceptors (Lipinski definition) is 20. The van der Waals surface area contributed by atoms with Gasteiger partial charge in [0.1, 0.15) is 94.8 Å². The molecule has 8 aromatic rings. The number of rotatable bonds is 14. The summed E-state index contributed by atoms with van der Waals surface area (Å²) in [6, 6.07) is 58.4. The van der Waals surface area contributed by atoms with Crippen LogP contribution in [0.1, 0.15) is 75.0 Å². The summed E-state index contributed by atoms with van der Waals surface area (Å²) < 4.78 is 38.2. The highest BCUT2D eigenvalue weighted by Gasteiger charge is 2.62. The molecule has 20 heteroatoms. The molecule has 18 nitrogen and oxygen atoms in total. The summed E-state index contributed by atoms with van der Waals surface area (Å²) in [4.78, 5) is 101. The molecule has 2 aliphatic heterocycles. The van der Waals surface area contributed by atoms with Crippen LogP contribution in [0.25, 0.3) is 22.3 Å². The smallest absolute Gasteiger partial charge is 0.367 e. The Labute approximate surface area is 555 Å². The van der Waals surface area contributed by atoms with Crippen LogP contribution in [0.4, 0.5) is 10.0 Å². The van der Waals surface area contributed by atoms with E-state index in [9.17, 15) is 30.6 Å². The van der Waals surface area contributed by atoms with Gasteiger partial charge in [0, 0.05) is 66.1 Å². The first kappa shape index (κ1) is 60.8. The zero-order chi connectivity index (χ0) is 66.2. The number of Topliss-reactive ketones (excluding diaryl/α,β-unsaturated/α-hetero) is 2. The average molecular weight is 1300 g/mol. The topological polar surface area (TPSA) is 278 Å². The van der Waals surface area contributed by atoms with Crippen LogP contribution in [0.2, 0.25) is 0 Å². The molecule has 0 saturated carbocycles. The number of benzene rings is 6. The van der Waals surface area contributed by atoms with Gasteiger partial charge in [-0.3, -0.25) is 9.59 Å². The van der Waals surface area contributed by atoms with Crippen molar-refractivity contribution in [2.24, 2.45) is 21.8 Å². The molecule has 2 aromatic heterocycles. The number of ketones is 2. The number of carbonyl (C=O) groups is 6. The highest BCUT2D eigenvalue weighted by molar-refractivity contribution is 7.17. The van der Waals surface area contributed by atoms with Crippen molar-refractivity contribution in [1.82, 2.24) is 0 Å². The third-order valence-electron chi connectivity index (χ3n) is 16.8. The van der Waals surface area contributed by atoms with Gasteiger partial charge in [0.15, 0.2) is 0 Å². The minimum absolute atomic E-state index is 0.00744. The van der Waals surface area contributed by atoms with Gasteiger partial charge in [-0.15, -0.1) is 22.7 Å². The second-order valence-corrected chi connectivity index (χ2v) is 24.5. The Morgan fingerprint density at radius 3 is 1.01 bits per heavy atom. The highest BCUT2D eigenvalue weighted by atomic mass is 32.1. The Morgan fingerprint density at radius 1 is 0.417 bits per heavy atom. The molecule has 0 bridgehead atoms. The monoisotopic (exact) mass is 1300 g/mol. The number of carbonyl (C=O) groups excluding carboxylic acids is 6. The lowest BCUT2D eigenvalue weighted by Crippen LogP contribution is -2.51. The fraction of sp³-hybridized carbons (Fsp3) is 0.105. The van der Waals surface area contributed by atoms with Crippen LogP contribution >= 0.6 is 22.7 Å². The lowest BCUT2D eigenvalue weighted by atomic mass is 9.75. The summed E-state index contributed by atoms with van der Waals surface area (Å²) in [6.45, 7) is -1.23. The first-order valence-corrected chi connectivity index (χ1v) is 31.4. The maximum Gasteiger partial charge on any atom is 0.367 e. The fourth-order valence-corrected chi connectivity index (χ4v) is 14.5.